The highest BCUT2D eigenvalue weighted by molar-refractivity contribution is 7.91. The van der Waals surface area contributed by atoms with Crippen LogP contribution in [-0.4, -0.2) is 77.8 Å². The van der Waals surface area contributed by atoms with Crippen molar-refractivity contribution in [2.45, 2.75) is 25.8 Å². The van der Waals surface area contributed by atoms with Gasteiger partial charge >= 0.3 is 0 Å². The van der Waals surface area contributed by atoms with Gasteiger partial charge in [0.05, 0.1) is 22.8 Å². The van der Waals surface area contributed by atoms with Gasteiger partial charge in [-0.15, -0.1) is 0 Å². The molecule has 126 valence electrons. The zero-order valence-corrected chi connectivity index (χ0v) is 14.1. The Morgan fingerprint density at radius 3 is 2.65 bits per heavy atom. The van der Waals surface area contributed by atoms with Crippen LogP contribution in [0.3, 0.4) is 0 Å². The lowest BCUT2D eigenvalue weighted by Crippen LogP contribution is -2.52. The molecule has 1 atom stereocenters. The van der Waals surface area contributed by atoms with Gasteiger partial charge in [-0.3, -0.25) is 9.69 Å². The molecule has 0 spiro atoms. The van der Waals surface area contributed by atoms with E-state index < -0.39 is 9.84 Å². The fraction of sp³-hybridized carbons (Fsp3) is 0.667. The van der Waals surface area contributed by atoms with Gasteiger partial charge in [0, 0.05) is 38.4 Å². The fourth-order valence-corrected chi connectivity index (χ4v) is 5.10. The van der Waals surface area contributed by atoms with E-state index in [1.807, 2.05) is 11.8 Å². The molecule has 0 saturated carbocycles. The summed E-state index contributed by atoms with van der Waals surface area (Å²) in [6, 6.07) is 0.114. The summed E-state index contributed by atoms with van der Waals surface area (Å²) in [5, 5.41) is 0. The number of carbonyl (C=O) groups is 1. The SMILES string of the molecule is CCc1ncncc1C(=O)N1CCN([C@H]2CCS(=O)(=O)C2)CC1. The number of carbonyl (C=O) groups excluding carboxylic acids is 1. The normalized spacial score (nSPS) is 24.7. The number of piperazine rings is 1. The Kier molecular flexibility index (Phi) is 4.63. The number of hydrogen-bond acceptors (Lipinski definition) is 6. The van der Waals surface area contributed by atoms with E-state index in [1.54, 1.807) is 6.20 Å². The number of rotatable bonds is 3. The summed E-state index contributed by atoms with van der Waals surface area (Å²) in [4.78, 5) is 24.8. The number of sulfone groups is 1. The van der Waals surface area contributed by atoms with Crippen LogP contribution in [0.15, 0.2) is 12.5 Å². The van der Waals surface area contributed by atoms with Gasteiger partial charge < -0.3 is 4.90 Å². The number of hydrogen-bond donors (Lipinski definition) is 0. The number of aryl methyl sites for hydroxylation is 1. The van der Waals surface area contributed by atoms with Crippen molar-refractivity contribution in [3.05, 3.63) is 23.8 Å². The molecule has 8 heteroatoms. The molecule has 2 fully saturated rings. The van der Waals surface area contributed by atoms with Gasteiger partial charge in [0.2, 0.25) is 0 Å². The lowest BCUT2D eigenvalue weighted by molar-refractivity contribution is 0.0586. The zero-order chi connectivity index (χ0) is 16.4. The Balaban J connectivity index is 1.62. The maximum atomic E-state index is 12.6. The monoisotopic (exact) mass is 338 g/mol. The molecule has 1 aromatic heterocycles. The van der Waals surface area contributed by atoms with Crippen LogP contribution in [0.5, 0.6) is 0 Å². The van der Waals surface area contributed by atoms with E-state index in [0.29, 0.717) is 31.5 Å². The molecule has 1 amide bonds. The van der Waals surface area contributed by atoms with Crippen LogP contribution in [-0.2, 0) is 16.3 Å². The van der Waals surface area contributed by atoms with E-state index in [9.17, 15) is 13.2 Å². The molecule has 1 aromatic rings. The van der Waals surface area contributed by atoms with Crippen LogP contribution in [0.4, 0.5) is 0 Å². The molecule has 7 nitrogen and oxygen atoms in total. The van der Waals surface area contributed by atoms with Gasteiger partial charge in [-0.25, -0.2) is 18.4 Å². The van der Waals surface area contributed by atoms with Crippen molar-refractivity contribution < 1.29 is 13.2 Å². The number of amides is 1. The molecule has 0 radical (unpaired) electrons. The van der Waals surface area contributed by atoms with E-state index in [0.717, 1.165) is 18.8 Å². The smallest absolute Gasteiger partial charge is 0.257 e. The minimum absolute atomic E-state index is 0.0267. The molecule has 2 saturated heterocycles. The first-order valence-electron chi connectivity index (χ1n) is 8.03. The summed E-state index contributed by atoms with van der Waals surface area (Å²) in [5.74, 6) is 0.520. The minimum Gasteiger partial charge on any atom is -0.336 e. The van der Waals surface area contributed by atoms with Crippen molar-refractivity contribution in [1.82, 2.24) is 19.8 Å². The molecule has 0 aliphatic carbocycles. The first kappa shape index (κ1) is 16.3. The van der Waals surface area contributed by atoms with Gasteiger partial charge in [0.25, 0.3) is 5.91 Å². The molecular formula is C15H22N4O3S. The van der Waals surface area contributed by atoms with Crippen LogP contribution in [0.2, 0.25) is 0 Å². The number of nitrogens with zero attached hydrogens (tertiary/aromatic N) is 4. The van der Waals surface area contributed by atoms with Crippen LogP contribution >= 0.6 is 0 Å². The highest BCUT2D eigenvalue weighted by atomic mass is 32.2. The van der Waals surface area contributed by atoms with Gasteiger partial charge in [0.1, 0.15) is 6.33 Å². The van der Waals surface area contributed by atoms with Gasteiger partial charge in [-0.1, -0.05) is 6.92 Å². The third kappa shape index (κ3) is 3.53. The van der Waals surface area contributed by atoms with E-state index in [2.05, 4.69) is 14.9 Å². The van der Waals surface area contributed by atoms with Crippen molar-refractivity contribution in [3.8, 4) is 0 Å². The van der Waals surface area contributed by atoms with Crippen LogP contribution in [0, 0.1) is 0 Å². The fourth-order valence-electron chi connectivity index (χ4n) is 3.34. The third-order valence-corrected chi connectivity index (χ3v) is 6.44. The topological polar surface area (TPSA) is 83.5 Å². The van der Waals surface area contributed by atoms with E-state index in [1.165, 1.54) is 6.33 Å². The molecule has 2 aliphatic rings. The third-order valence-electron chi connectivity index (χ3n) is 4.69. The number of aromatic nitrogens is 2. The van der Waals surface area contributed by atoms with E-state index >= 15 is 0 Å². The lowest BCUT2D eigenvalue weighted by Gasteiger charge is -2.37. The Morgan fingerprint density at radius 1 is 1.30 bits per heavy atom. The van der Waals surface area contributed by atoms with Crippen molar-refractivity contribution in [3.63, 3.8) is 0 Å². The maximum absolute atomic E-state index is 12.6. The van der Waals surface area contributed by atoms with Gasteiger partial charge in [-0.05, 0) is 12.8 Å². The summed E-state index contributed by atoms with van der Waals surface area (Å²) in [6.07, 6.45) is 4.46. The molecule has 23 heavy (non-hydrogen) atoms. The Hall–Kier alpha value is -1.54. The van der Waals surface area contributed by atoms with Gasteiger partial charge in [-0.2, -0.15) is 0 Å². The van der Waals surface area contributed by atoms with Crippen molar-refractivity contribution in [1.29, 1.82) is 0 Å². The largest absolute Gasteiger partial charge is 0.336 e. The van der Waals surface area contributed by atoms with Crippen LogP contribution in [0.1, 0.15) is 29.4 Å². The molecule has 0 bridgehead atoms. The molecule has 3 rings (SSSR count). The summed E-state index contributed by atoms with van der Waals surface area (Å²) < 4.78 is 23.2. The van der Waals surface area contributed by atoms with Crippen LogP contribution < -0.4 is 0 Å². The maximum Gasteiger partial charge on any atom is 0.257 e. The minimum atomic E-state index is -2.87. The average Bonchev–Trinajstić information content (AvgIpc) is 2.94. The molecule has 0 unspecified atom stereocenters. The first-order valence-corrected chi connectivity index (χ1v) is 9.85. The van der Waals surface area contributed by atoms with Crippen molar-refractivity contribution >= 4 is 15.7 Å². The predicted octanol–water partition coefficient (Wildman–Crippen LogP) is -0.0161. The van der Waals surface area contributed by atoms with Crippen molar-refractivity contribution in [2.75, 3.05) is 37.7 Å². The molecule has 2 aliphatic heterocycles. The Labute approximate surface area is 136 Å². The molecule has 0 aromatic carbocycles. The first-order chi connectivity index (χ1) is 11.0. The average molecular weight is 338 g/mol. The summed E-state index contributed by atoms with van der Waals surface area (Å²) in [7, 11) is -2.87. The Bertz CT molecular complexity index is 684. The Morgan fingerprint density at radius 2 is 2.04 bits per heavy atom. The highest BCUT2D eigenvalue weighted by Gasteiger charge is 2.34. The lowest BCUT2D eigenvalue weighted by atomic mass is 10.1. The summed E-state index contributed by atoms with van der Waals surface area (Å²) >= 11 is 0. The predicted molar refractivity (Wildman–Crippen MR) is 85.9 cm³/mol. The summed E-state index contributed by atoms with van der Waals surface area (Å²) in [5.41, 5.74) is 1.35. The summed E-state index contributed by atoms with van der Waals surface area (Å²) in [6.45, 7) is 4.65. The zero-order valence-electron chi connectivity index (χ0n) is 13.3. The second-order valence-corrected chi connectivity index (χ2v) is 8.35. The van der Waals surface area contributed by atoms with Crippen LogP contribution in [0.25, 0.3) is 0 Å². The quantitative estimate of drug-likeness (QED) is 0.770. The highest BCUT2D eigenvalue weighted by Crippen LogP contribution is 2.20. The molecule has 0 N–H and O–H groups in total. The van der Waals surface area contributed by atoms with E-state index in [4.69, 9.17) is 0 Å². The standard InChI is InChI=1S/C15H22N4O3S/c1-2-14-13(9-16-11-17-14)15(20)19-6-4-18(5-7-19)12-3-8-23(21,22)10-12/h9,11-12H,2-8,10H2,1H3/t12-/m0/s1. The second kappa shape index (κ2) is 6.52. The molecular weight excluding hydrogens is 316 g/mol. The van der Waals surface area contributed by atoms with Gasteiger partial charge in [0.15, 0.2) is 9.84 Å². The second-order valence-electron chi connectivity index (χ2n) is 6.12. The van der Waals surface area contributed by atoms with E-state index in [-0.39, 0.29) is 23.5 Å². The van der Waals surface area contributed by atoms with Crippen molar-refractivity contribution in [2.24, 2.45) is 0 Å². The molecule has 3 heterocycles.